The molecule has 1 aliphatic rings. The molecule has 0 amide bonds. The van der Waals surface area contributed by atoms with E-state index in [1.807, 2.05) is 25.7 Å². The van der Waals surface area contributed by atoms with Gasteiger partial charge in [0.1, 0.15) is 18.2 Å². The Bertz CT molecular complexity index is 459. The first-order chi connectivity index (χ1) is 9.35. The molecule has 1 atom stereocenters. The summed E-state index contributed by atoms with van der Waals surface area (Å²) in [4.78, 5) is 2.00. The average molecular weight is 283 g/mol. The maximum atomic E-state index is 13.2. The number of halogens is 1. The molecule has 1 aromatic carbocycles. The molecule has 0 spiro atoms. The Kier molecular flexibility index (Phi) is 4.50. The highest BCUT2D eigenvalue weighted by Crippen LogP contribution is 2.32. The molecule has 5 heteroatoms. The van der Waals surface area contributed by atoms with E-state index in [0.29, 0.717) is 25.4 Å². The van der Waals surface area contributed by atoms with E-state index in [9.17, 15) is 9.50 Å². The summed E-state index contributed by atoms with van der Waals surface area (Å²) in [5.41, 5.74) is 0.542. The normalized spacial score (nSPS) is 16.6. The van der Waals surface area contributed by atoms with Gasteiger partial charge in [0.15, 0.2) is 0 Å². The molecule has 1 aromatic rings. The van der Waals surface area contributed by atoms with E-state index in [2.05, 4.69) is 0 Å². The zero-order valence-corrected chi connectivity index (χ0v) is 12.2. The second-order valence-corrected chi connectivity index (χ2v) is 5.98. The van der Waals surface area contributed by atoms with Gasteiger partial charge in [-0.1, -0.05) is 0 Å². The number of anilines is 1. The summed E-state index contributed by atoms with van der Waals surface area (Å²) < 4.78 is 24.2. The topological polar surface area (TPSA) is 41.9 Å². The SMILES string of the molecule is CC(C)(C)OCC(O)CN1CCOc2cc(F)ccc21. The third-order valence-electron chi connectivity index (χ3n) is 3.02. The van der Waals surface area contributed by atoms with Crippen LogP contribution in [0.4, 0.5) is 10.1 Å². The van der Waals surface area contributed by atoms with Gasteiger partial charge in [-0.25, -0.2) is 4.39 Å². The summed E-state index contributed by atoms with van der Waals surface area (Å²) in [6, 6.07) is 4.46. The van der Waals surface area contributed by atoms with E-state index in [0.717, 1.165) is 5.69 Å². The van der Waals surface area contributed by atoms with Crippen LogP contribution in [0.1, 0.15) is 20.8 Å². The number of aliphatic hydroxyl groups excluding tert-OH is 1. The minimum Gasteiger partial charge on any atom is -0.489 e. The van der Waals surface area contributed by atoms with E-state index in [1.54, 1.807) is 6.07 Å². The molecule has 0 saturated carbocycles. The fourth-order valence-electron chi connectivity index (χ4n) is 2.09. The zero-order valence-electron chi connectivity index (χ0n) is 12.2. The van der Waals surface area contributed by atoms with Gasteiger partial charge in [-0.2, -0.15) is 0 Å². The monoisotopic (exact) mass is 283 g/mol. The van der Waals surface area contributed by atoms with E-state index >= 15 is 0 Å². The molecule has 0 aromatic heterocycles. The second-order valence-electron chi connectivity index (χ2n) is 5.98. The van der Waals surface area contributed by atoms with Crippen LogP contribution in [0.3, 0.4) is 0 Å². The molecule has 1 unspecified atom stereocenters. The van der Waals surface area contributed by atoms with Crippen molar-refractivity contribution >= 4 is 5.69 Å². The van der Waals surface area contributed by atoms with Crippen molar-refractivity contribution < 1.29 is 19.0 Å². The molecule has 4 nitrogen and oxygen atoms in total. The van der Waals surface area contributed by atoms with Crippen molar-refractivity contribution in [2.75, 3.05) is 31.2 Å². The van der Waals surface area contributed by atoms with Crippen LogP contribution in [0.15, 0.2) is 18.2 Å². The van der Waals surface area contributed by atoms with Crippen molar-refractivity contribution in [1.29, 1.82) is 0 Å². The maximum absolute atomic E-state index is 13.2. The number of hydrogen-bond donors (Lipinski definition) is 1. The van der Waals surface area contributed by atoms with Crippen LogP contribution in [0, 0.1) is 5.82 Å². The van der Waals surface area contributed by atoms with Crippen molar-refractivity contribution in [1.82, 2.24) is 0 Å². The number of benzene rings is 1. The lowest BCUT2D eigenvalue weighted by Gasteiger charge is -2.33. The summed E-state index contributed by atoms with van der Waals surface area (Å²) in [7, 11) is 0. The van der Waals surface area contributed by atoms with E-state index in [-0.39, 0.29) is 18.0 Å². The van der Waals surface area contributed by atoms with E-state index in [4.69, 9.17) is 9.47 Å². The fraction of sp³-hybridized carbons (Fsp3) is 0.600. The van der Waals surface area contributed by atoms with Gasteiger partial charge in [0, 0.05) is 12.6 Å². The highest BCUT2D eigenvalue weighted by molar-refractivity contribution is 5.60. The van der Waals surface area contributed by atoms with Gasteiger partial charge >= 0.3 is 0 Å². The predicted molar refractivity (Wildman–Crippen MR) is 75.8 cm³/mol. The highest BCUT2D eigenvalue weighted by Gasteiger charge is 2.22. The number of aliphatic hydroxyl groups is 1. The molecule has 2 rings (SSSR count). The maximum Gasteiger partial charge on any atom is 0.145 e. The molecule has 1 aliphatic heterocycles. The molecule has 1 heterocycles. The van der Waals surface area contributed by atoms with Gasteiger partial charge in [-0.3, -0.25) is 0 Å². The van der Waals surface area contributed by atoms with Crippen LogP contribution in [-0.2, 0) is 4.74 Å². The molecular formula is C15H22FNO3. The standard InChI is InChI=1S/C15H22FNO3/c1-15(2,3)20-10-12(18)9-17-6-7-19-14-8-11(16)4-5-13(14)17/h4-5,8,12,18H,6-7,9-10H2,1-3H3. The first-order valence-electron chi connectivity index (χ1n) is 6.84. The van der Waals surface area contributed by atoms with Gasteiger partial charge in [0.25, 0.3) is 0 Å². The summed E-state index contributed by atoms with van der Waals surface area (Å²) >= 11 is 0. The Morgan fingerprint density at radius 2 is 2.20 bits per heavy atom. The molecule has 0 fully saturated rings. The lowest BCUT2D eigenvalue weighted by molar-refractivity contribution is -0.0465. The minimum absolute atomic E-state index is 0.271. The summed E-state index contributed by atoms with van der Waals surface area (Å²) in [6.07, 6.45) is -0.592. The van der Waals surface area contributed by atoms with Crippen molar-refractivity contribution in [2.45, 2.75) is 32.5 Å². The van der Waals surface area contributed by atoms with E-state index in [1.165, 1.54) is 12.1 Å². The van der Waals surface area contributed by atoms with Gasteiger partial charge < -0.3 is 19.5 Å². The van der Waals surface area contributed by atoms with Crippen molar-refractivity contribution in [3.63, 3.8) is 0 Å². The second kappa shape index (κ2) is 5.97. The van der Waals surface area contributed by atoms with Gasteiger partial charge in [-0.05, 0) is 32.9 Å². The van der Waals surface area contributed by atoms with Gasteiger partial charge in [0.05, 0.1) is 30.5 Å². The van der Waals surface area contributed by atoms with Crippen LogP contribution < -0.4 is 9.64 Å². The summed E-state index contributed by atoms with van der Waals surface area (Å²) in [5, 5.41) is 10.1. The first-order valence-corrected chi connectivity index (χ1v) is 6.84. The Morgan fingerprint density at radius 3 is 2.90 bits per heavy atom. The number of hydrogen-bond acceptors (Lipinski definition) is 4. The molecular weight excluding hydrogens is 261 g/mol. The van der Waals surface area contributed by atoms with Gasteiger partial charge in [0.2, 0.25) is 0 Å². The smallest absolute Gasteiger partial charge is 0.145 e. The Balaban J connectivity index is 1.98. The molecule has 0 radical (unpaired) electrons. The lowest BCUT2D eigenvalue weighted by Crippen LogP contribution is -2.41. The summed E-state index contributed by atoms with van der Waals surface area (Å²) in [6.45, 7) is 7.73. The summed E-state index contributed by atoms with van der Waals surface area (Å²) in [5.74, 6) is 0.211. The Morgan fingerprint density at radius 1 is 1.45 bits per heavy atom. The van der Waals surface area contributed by atoms with Crippen molar-refractivity contribution in [2.24, 2.45) is 0 Å². The molecule has 1 N–H and O–H groups in total. The third-order valence-corrected chi connectivity index (χ3v) is 3.02. The van der Waals surface area contributed by atoms with Crippen LogP contribution in [0.25, 0.3) is 0 Å². The number of nitrogens with zero attached hydrogens (tertiary/aromatic N) is 1. The largest absolute Gasteiger partial charge is 0.489 e. The molecule has 0 saturated heterocycles. The lowest BCUT2D eigenvalue weighted by atomic mass is 10.2. The number of rotatable bonds is 4. The first kappa shape index (κ1) is 15.1. The zero-order chi connectivity index (χ0) is 14.8. The third kappa shape index (κ3) is 4.08. The Hall–Kier alpha value is -1.33. The molecule has 112 valence electrons. The quantitative estimate of drug-likeness (QED) is 0.920. The van der Waals surface area contributed by atoms with Gasteiger partial charge in [-0.15, -0.1) is 0 Å². The van der Waals surface area contributed by atoms with Crippen LogP contribution >= 0.6 is 0 Å². The predicted octanol–water partition coefficient (Wildman–Crippen LogP) is 2.20. The van der Waals surface area contributed by atoms with Crippen LogP contribution in [-0.4, -0.2) is 43.1 Å². The molecule has 20 heavy (non-hydrogen) atoms. The number of ether oxygens (including phenoxy) is 2. The highest BCUT2D eigenvalue weighted by atomic mass is 19.1. The molecule has 0 aliphatic carbocycles. The average Bonchev–Trinajstić information content (AvgIpc) is 2.35. The number of β-amino-alcohol motifs (C(OH)–C–C–N with tert-alkyl or cyclic N) is 1. The molecule has 0 bridgehead atoms. The Labute approximate surface area is 119 Å². The minimum atomic E-state index is -0.592. The number of fused-ring (bicyclic) bond motifs is 1. The van der Waals surface area contributed by atoms with Crippen molar-refractivity contribution in [3.8, 4) is 5.75 Å². The van der Waals surface area contributed by atoms with Crippen molar-refractivity contribution in [3.05, 3.63) is 24.0 Å². The fourth-order valence-corrected chi connectivity index (χ4v) is 2.09. The van der Waals surface area contributed by atoms with Crippen LogP contribution in [0.5, 0.6) is 5.75 Å². The van der Waals surface area contributed by atoms with E-state index < -0.39 is 6.10 Å². The van der Waals surface area contributed by atoms with Crippen LogP contribution in [0.2, 0.25) is 0 Å².